The number of hydrogen-bond acceptors (Lipinski definition) is 3. The summed E-state index contributed by atoms with van der Waals surface area (Å²) in [5.41, 5.74) is -0.822. The van der Waals surface area contributed by atoms with Crippen molar-refractivity contribution < 1.29 is 13.9 Å². The van der Waals surface area contributed by atoms with Gasteiger partial charge in [0.1, 0.15) is 0 Å². The van der Waals surface area contributed by atoms with E-state index in [-0.39, 0.29) is 0 Å². The molecule has 1 fully saturated rings. The molecule has 25 heavy (non-hydrogen) atoms. The molecule has 3 rings (SSSR count). The molecule has 0 aliphatic carbocycles. The fourth-order valence-electron chi connectivity index (χ4n) is 2.78. The maximum Gasteiger partial charge on any atom is 0.487 e. The highest BCUT2D eigenvalue weighted by atomic mass is 31.2. The average molecular weight is 354 g/mol. The quantitative estimate of drug-likeness (QED) is 0.611. The highest BCUT2D eigenvalue weighted by Crippen LogP contribution is 2.46. The van der Waals surface area contributed by atoms with E-state index >= 15 is 0 Å². The van der Waals surface area contributed by atoms with Crippen LogP contribution in [0, 0.1) is 0 Å². The van der Waals surface area contributed by atoms with Gasteiger partial charge >= 0.3 is 7.12 Å². The number of rotatable bonds is 4. The van der Waals surface area contributed by atoms with Gasteiger partial charge in [-0.05, 0) is 33.5 Å². The van der Waals surface area contributed by atoms with Gasteiger partial charge in [0, 0.05) is 10.6 Å². The maximum atomic E-state index is 13.9. The minimum absolute atomic E-state index is 0.411. The summed E-state index contributed by atoms with van der Waals surface area (Å²) in [6, 6.07) is 19.1. The van der Waals surface area contributed by atoms with Crippen LogP contribution in [-0.4, -0.2) is 18.3 Å². The molecular formula is C20H24BO3P. The van der Waals surface area contributed by atoms with Gasteiger partial charge in [0.05, 0.1) is 11.2 Å². The van der Waals surface area contributed by atoms with Crippen LogP contribution in [0.15, 0.2) is 72.5 Å². The second-order valence-corrected chi connectivity index (χ2v) is 9.94. The predicted octanol–water partition coefficient (Wildman–Crippen LogP) is 4.15. The van der Waals surface area contributed by atoms with Crippen molar-refractivity contribution in [1.82, 2.24) is 0 Å². The third-order valence-corrected chi connectivity index (χ3v) is 7.73. The summed E-state index contributed by atoms with van der Waals surface area (Å²) in [5, 5.41) is 1.60. The van der Waals surface area contributed by atoms with Gasteiger partial charge < -0.3 is 13.9 Å². The second-order valence-electron chi connectivity index (χ2n) is 7.30. The molecule has 130 valence electrons. The highest BCUT2D eigenvalue weighted by molar-refractivity contribution is 7.81. The summed E-state index contributed by atoms with van der Waals surface area (Å²) in [6.07, 6.45) is 0. The summed E-state index contributed by atoms with van der Waals surface area (Å²) in [6.45, 7) is 8.04. The topological polar surface area (TPSA) is 35.5 Å². The van der Waals surface area contributed by atoms with E-state index < -0.39 is 25.5 Å². The van der Waals surface area contributed by atoms with Gasteiger partial charge in [-0.2, -0.15) is 0 Å². The zero-order valence-corrected chi connectivity index (χ0v) is 16.1. The molecule has 0 saturated carbocycles. The SMILES string of the molecule is CC1(C)OB(/C=C\P(=O)(c2ccccc2)c2ccccc2)OC1(C)C. The van der Waals surface area contributed by atoms with Crippen LogP contribution >= 0.6 is 7.14 Å². The van der Waals surface area contributed by atoms with Gasteiger partial charge in [0.2, 0.25) is 0 Å². The largest absolute Gasteiger partial charge is 0.487 e. The number of hydrogen-bond donors (Lipinski definition) is 0. The highest BCUT2D eigenvalue weighted by Gasteiger charge is 2.50. The van der Waals surface area contributed by atoms with Crippen molar-refractivity contribution in [2.45, 2.75) is 38.9 Å². The van der Waals surface area contributed by atoms with E-state index in [1.165, 1.54) is 0 Å². The molecule has 1 saturated heterocycles. The second kappa shape index (κ2) is 6.61. The van der Waals surface area contributed by atoms with Gasteiger partial charge in [0.15, 0.2) is 7.14 Å². The van der Waals surface area contributed by atoms with E-state index in [2.05, 4.69) is 0 Å². The monoisotopic (exact) mass is 354 g/mol. The molecule has 0 atom stereocenters. The third kappa shape index (κ3) is 3.53. The molecular weight excluding hydrogens is 330 g/mol. The van der Waals surface area contributed by atoms with Crippen LogP contribution in [0.2, 0.25) is 0 Å². The van der Waals surface area contributed by atoms with Crippen LogP contribution < -0.4 is 10.6 Å². The maximum absolute atomic E-state index is 13.9. The number of benzene rings is 2. The Kier molecular flexibility index (Phi) is 4.81. The Morgan fingerprint density at radius 1 is 0.800 bits per heavy atom. The van der Waals surface area contributed by atoms with Gasteiger partial charge in [-0.15, -0.1) is 0 Å². The van der Waals surface area contributed by atoms with Crippen LogP contribution in [0.1, 0.15) is 27.7 Å². The van der Waals surface area contributed by atoms with E-state index in [1.807, 2.05) is 88.4 Å². The van der Waals surface area contributed by atoms with Gasteiger partial charge in [-0.1, -0.05) is 66.6 Å². The molecule has 0 spiro atoms. The fraction of sp³-hybridized carbons (Fsp3) is 0.300. The molecule has 3 nitrogen and oxygen atoms in total. The molecule has 0 bridgehead atoms. The van der Waals surface area contributed by atoms with E-state index in [1.54, 1.807) is 11.8 Å². The summed E-state index contributed by atoms with van der Waals surface area (Å²) < 4.78 is 25.9. The molecule has 1 aliphatic heterocycles. The van der Waals surface area contributed by atoms with Crippen LogP contribution in [0.5, 0.6) is 0 Å². The first kappa shape index (κ1) is 18.2. The molecule has 0 radical (unpaired) electrons. The summed E-state index contributed by atoms with van der Waals surface area (Å²) in [7, 11) is -3.41. The zero-order chi connectivity index (χ0) is 18.1. The van der Waals surface area contributed by atoms with Crippen molar-refractivity contribution in [1.29, 1.82) is 0 Å². The summed E-state index contributed by atoms with van der Waals surface area (Å²) >= 11 is 0. The Morgan fingerprint density at radius 2 is 1.20 bits per heavy atom. The van der Waals surface area contributed by atoms with Crippen LogP contribution in [0.4, 0.5) is 0 Å². The van der Waals surface area contributed by atoms with Crippen molar-refractivity contribution >= 4 is 24.9 Å². The lowest BCUT2D eigenvalue weighted by atomic mass is 9.90. The van der Waals surface area contributed by atoms with E-state index in [4.69, 9.17) is 9.31 Å². The van der Waals surface area contributed by atoms with E-state index in [9.17, 15) is 4.57 Å². The molecule has 0 unspecified atom stereocenters. The van der Waals surface area contributed by atoms with Gasteiger partial charge in [0.25, 0.3) is 0 Å². The Labute approximate surface area is 150 Å². The van der Waals surface area contributed by atoms with Crippen molar-refractivity contribution in [2.75, 3.05) is 0 Å². The lowest BCUT2D eigenvalue weighted by molar-refractivity contribution is 0.00578. The first-order valence-electron chi connectivity index (χ1n) is 8.51. The van der Waals surface area contributed by atoms with Crippen molar-refractivity contribution in [2.24, 2.45) is 0 Å². The third-order valence-electron chi connectivity index (χ3n) is 5.00. The van der Waals surface area contributed by atoms with Crippen molar-refractivity contribution in [3.63, 3.8) is 0 Å². The van der Waals surface area contributed by atoms with Crippen LogP contribution in [-0.2, 0) is 13.9 Å². The Morgan fingerprint density at radius 3 is 1.60 bits per heavy atom. The zero-order valence-electron chi connectivity index (χ0n) is 15.2. The summed E-state index contributed by atoms with van der Waals surface area (Å²) in [4.78, 5) is 0. The smallest absolute Gasteiger partial charge is 0.400 e. The molecule has 5 heteroatoms. The normalized spacial score (nSPS) is 19.4. The predicted molar refractivity (Wildman–Crippen MR) is 105 cm³/mol. The molecule has 0 N–H and O–H groups in total. The standard InChI is InChI=1S/C20H24BO3P/c1-19(2)20(3,4)24-21(23-19)15-16-25(22,17-11-7-5-8-12-17)18-13-9-6-10-14-18/h5-16H,1-4H3/b16-15-. The van der Waals surface area contributed by atoms with Crippen LogP contribution in [0.3, 0.4) is 0 Å². The molecule has 0 amide bonds. The Bertz CT molecular complexity index is 741. The lowest BCUT2D eigenvalue weighted by Crippen LogP contribution is -2.41. The first-order valence-corrected chi connectivity index (χ1v) is 10.3. The molecule has 1 aliphatic rings. The molecule has 2 aromatic rings. The molecule has 2 aromatic carbocycles. The molecule has 1 heterocycles. The lowest BCUT2D eigenvalue weighted by Gasteiger charge is -2.32. The summed E-state index contributed by atoms with van der Waals surface area (Å²) in [5.74, 6) is 3.55. The van der Waals surface area contributed by atoms with Crippen molar-refractivity contribution in [3.05, 3.63) is 72.5 Å². The minimum atomic E-state index is -2.90. The van der Waals surface area contributed by atoms with Crippen LogP contribution in [0.25, 0.3) is 0 Å². The molecule has 0 aromatic heterocycles. The van der Waals surface area contributed by atoms with E-state index in [0.717, 1.165) is 10.6 Å². The Balaban J connectivity index is 1.97. The van der Waals surface area contributed by atoms with Crippen molar-refractivity contribution in [3.8, 4) is 0 Å². The first-order chi connectivity index (χ1) is 11.7. The van der Waals surface area contributed by atoms with Gasteiger partial charge in [-0.3, -0.25) is 0 Å². The fourth-order valence-corrected chi connectivity index (χ4v) is 5.03. The van der Waals surface area contributed by atoms with E-state index in [0.29, 0.717) is 0 Å². The average Bonchev–Trinajstić information content (AvgIpc) is 2.81. The minimum Gasteiger partial charge on any atom is -0.400 e. The Hall–Kier alpha value is -1.61. The van der Waals surface area contributed by atoms with Gasteiger partial charge in [-0.25, -0.2) is 0 Å².